The van der Waals surface area contributed by atoms with Gasteiger partial charge >= 0.3 is 0 Å². The van der Waals surface area contributed by atoms with Gasteiger partial charge in [0.05, 0.1) is 5.69 Å². The van der Waals surface area contributed by atoms with Crippen LogP contribution in [0.15, 0.2) is 70.9 Å². The number of hydrogen-bond acceptors (Lipinski definition) is 3. The first-order valence-corrected chi connectivity index (χ1v) is 6.07. The molecule has 19 heavy (non-hydrogen) atoms. The molecule has 0 radical (unpaired) electrons. The van der Waals surface area contributed by atoms with Crippen molar-refractivity contribution < 1.29 is 4.79 Å². The largest absolute Gasteiger partial charge is 0.324 e. The first kappa shape index (κ1) is 13.0. The summed E-state index contributed by atoms with van der Waals surface area (Å²) in [5.74, 6) is -0.175. The van der Waals surface area contributed by atoms with Gasteiger partial charge in [-0.05, 0) is 31.2 Å². The number of rotatable bonds is 4. The lowest BCUT2D eigenvalue weighted by Crippen LogP contribution is -2.22. The lowest BCUT2D eigenvalue weighted by Gasteiger charge is -2.07. The molecule has 0 fully saturated rings. The average molecular weight is 253 g/mol. The number of anilines is 1. The third-order valence-corrected chi connectivity index (χ3v) is 2.52. The number of para-hydroxylation sites is 1. The summed E-state index contributed by atoms with van der Waals surface area (Å²) in [6.45, 7) is 1.71. The molecule has 1 N–H and O–H groups in total. The lowest BCUT2D eigenvalue weighted by atomic mass is 10.3. The van der Waals surface area contributed by atoms with Crippen molar-refractivity contribution in [1.82, 2.24) is 0 Å². The Morgan fingerprint density at radius 3 is 2.21 bits per heavy atom. The number of carbonyl (C=O) groups excluding carboxylic acids is 1. The van der Waals surface area contributed by atoms with Gasteiger partial charge < -0.3 is 5.32 Å². The minimum atomic E-state index is -0.527. The Morgan fingerprint density at radius 1 is 1.00 bits per heavy atom. The van der Waals surface area contributed by atoms with Gasteiger partial charge in [0.25, 0.3) is 5.91 Å². The number of nitrogens with one attached hydrogen (secondary N) is 1. The Hall–Kier alpha value is -2.49. The van der Waals surface area contributed by atoms with E-state index in [4.69, 9.17) is 0 Å². The van der Waals surface area contributed by atoms with Gasteiger partial charge in [-0.1, -0.05) is 36.4 Å². The van der Waals surface area contributed by atoms with Crippen LogP contribution in [-0.2, 0) is 4.79 Å². The predicted octanol–water partition coefficient (Wildman–Crippen LogP) is 3.80. The van der Waals surface area contributed by atoms with Gasteiger partial charge in [-0.25, -0.2) is 0 Å². The fourth-order valence-electron chi connectivity index (χ4n) is 1.47. The van der Waals surface area contributed by atoms with E-state index in [1.54, 1.807) is 6.92 Å². The molecule has 0 saturated heterocycles. The maximum atomic E-state index is 11.9. The molecule has 2 aromatic rings. The molecular weight excluding hydrogens is 238 g/mol. The Morgan fingerprint density at radius 2 is 1.58 bits per heavy atom. The van der Waals surface area contributed by atoms with Crippen LogP contribution in [0.25, 0.3) is 0 Å². The van der Waals surface area contributed by atoms with Crippen LogP contribution >= 0.6 is 0 Å². The molecule has 0 aliphatic rings. The van der Waals surface area contributed by atoms with E-state index in [1.165, 1.54) is 0 Å². The number of nitrogens with zero attached hydrogens (tertiary/aromatic N) is 2. The SMILES string of the molecule is CC(/N=N/c1ccccc1)C(=O)Nc1ccccc1. The second kappa shape index (κ2) is 6.44. The van der Waals surface area contributed by atoms with E-state index >= 15 is 0 Å². The van der Waals surface area contributed by atoms with E-state index in [1.807, 2.05) is 60.7 Å². The highest BCUT2D eigenvalue weighted by atomic mass is 16.2. The van der Waals surface area contributed by atoms with Gasteiger partial charge in [-0.15, -0.1) is 0 Å². The molecule has 1 unspecified atom stereocenters. The second-order valence-corrected chi connectivity index (χ2v) is 4.08. The molecular formula is C15H15N3O. The molecule has 1 amide bonds. The summed E-state index contributed by atoms with van der Waals surface area (Å²) >= 11 is 0. The summed E-state index contributed by atoms with van der Waals surface area (Å²) in [7, 11) is 0. The van der Waals surface area contributed by atoms with Gasteiger partial charge in [-0.2, -0.15) is 10.2 Å². The van der Waals surface area contributed by atoms with E-state index in [9.17, 15) is 4.79 Å². The first-order chi connectivity index (χ1) is 9.25. The third kappa shape index (κ3) is 4.03. The Labute approximate surface area is 112 Å². The van der Waals surface area contributed by atoms with Crippen molar-refractivity contribution in [2.75, 3.05) is 5.32 Å². The number of azo groups is 1. The van der Waals surface area contributed by atoms with Crippen LogP contribution in [0.1, 0.15) is 6.92 Å². The molecule has 0 spiro atoms. The molecule has 4 nitrogen and oxygen atoms in total. The van der Waals surface area contributed by atoms with E-state index < -0.39 is 6.04 Å². The quantitative estimate of drug-likeness (QED) is 0.828. The maximum Gasteiger partial charge on any atom is 0.250 e. The summed E-state index contributed by atoms with van der Waals surface area (Å²) in [4.78, 5) is 11.9. The molecule has 0 aromatic heterocycles. The molecule has 0 saturated carbocycles. The fraction of sp³-hybridized carbons (Fsp3) is 0.133. The lowest BCUT2D eigenvalue weighted by molar-refractivity contribution is -0.117. The molecule has 0 aliphatic carbocycles. The van der Waals surface area contributed by atoms with Gasteiger partial charge in [0.1, 0.15) is 6.04 Å². The maximum absolute atomic E-state index is 11.9. The van der Waals surface area contributed by atoms with Crippen molar-refractivity contribution >= 4 is 17.3 Å². The standard InChI is InChI=1S/C15H15N3O/c1-12(17-18-14-10-6-3-7-11-14)15(19)16-13-8-4-2-5-9-13/h2-12H,1H3,(H,16,19)/b18-17+. The van der Waals surface area contributed by atoms with Crippen molar-refractivity contribution in [3.05, 3.63) is 60.7 Å². The van der Waals surface area contributed by atoms with Crippen LogP contribution < -0.4 is 5.32 Å². The van der Waals surface area contributed by atoms with Crippen LogP contribution in [0.5, 0.6) is 0 Å². The molecule has 96 valence electrons. The van der Waals surface area contributed by atoms with Crippen LogP contribution in [-0.4, -0.2) is 11.9 Å². The Balaban J connectivity index is 1.95. The van der Waals surface area contributed by atoms with Crippen molar-refractivity contribution in [3.63, 3.8) is 0 Å². The zero-order valence-electron chi connectivity index (χ0n) is 10.7. The summed E-state index contributed by atoms with van der Waals surface area (Å²) in [5.41, 5.74) is 1.50. The van der Waals surface area contributed by atoms with Crippen molar-refractivity contribution in [3.8, 4) is 0 Å². The highest BCUT2D eigenvalue weighted by Gasteiger charge is 2.11. The second-order valence-electron chi connectivity index (χ2n) is 4.08. The minimum absolute atomic E-state index is 0.175. The third-order valence-electron chi connectivity index (χ3n) is 2.52. The first-order valence-electron chi connectivity index (χ1n) is 6.07. The van der Waals surface area contributed by atoms with E-state index in [2.05, 4.69) is 15.5 Å². The fourth-order valence-corrected chi connectivity index (χ4v) is 1.47. The summed E-state index contributed by atoms with van der Waals surface area (Å²) < 4.78 is 0. The number of benzene rings is 2. The van der Waals surface area contributed by atoms with Crippen molar-refractivity contribution in [2.45, 2.75) is 13.0 Å². The minimum Gasteiger partial charge on any atom is -0.324 e. The molecule has 2 aromatic carbocycles. The zero-order valence-corrected chi connectivity index (χ0v) is 10.7. The molecule has 4 heteroatoms. The van der Waals surface area contributed by atoms with Crippen LogP contribution in [0.3, 0.4) is 0 Å². The summed E-state index contributed by atoms with van der Waals surface area (Å²) in [6.07, 6.45) is 0. The van der Waals surface area contributed by atoms with E-state index in [-0.39, 0.29) is 5.91 Å². The van der Waals surface area contributed by atoms with Gasteiger partial charge in [0.2, 0.25) is 0 Å². The van der Waals surface area contributed by atoms with Gasteiger partial charge in [0, 0.05) is 5.69 Å². The normalized spacial score (nSPS) is 12.3. The van der Waals surface area contributed by atoms with Crippen LogP contribution in [0.4, 0.5) is 11.4 Å². The molecule has 1 atom stereocenters. The van der Waals surface area contributed by atoms with Gasteiger partial charge in [0.15, 0.2) is 0 Å². The van der Waals surface area contributed by atoms with Crippen LogP contribution in [0.2, 0.25) is 0 Å². The average Bonchev–Trinajstić information content (AvgIpc) is 2.47. The molecule has 0 bridgehead atoms. The Kier molecular flexibility index (Phi) is 4.39. The molecule has 0 aliphatic heterocycles. The number of carbonyl (C=O) groups is 1. The highest BCUT2D eigenvalue weighted by molar-refractivity contribution is 5.94. The van der Waals surface area contributed by atoms with Crippen LogP contribution in [0, 0.1) is 0 Å². The predicted molar refractivity (Wildman–Crippen MR) is 75.5 cm³/mol. The van der Waals surface area contributed by atoms with Crippen molar-refractivity contribution in [2.24, 2.45) is 10.2 Å². The number of hydrogen-bond donors (Lipinski definition) is 1. The zero-order chi connectivity index (χ0) is 13.5. The number of amides is 1. The highest BCUT2D eigenvalue weighted by Crippen LogP contribution is 2.12. The summed E-state index contributed by atoms with van der Waals surface area (Å²) in [6, 6.07) is 18.1. The van der Waals surface area contributed by atoms with Gasteiger partial charge in [-0.3, -0.25) is 4.79 Å². The van der Waals surface area contributed by atoms with E-state index in [0.29, 0.717) is 0 Å². The van der Waals surface area contributed by atoms with Crippen molar-refractivity contribution in [1.29, 1.82) is 0 Å². The molecule has 0 heterocycles. The van der Waals surface area contributed by atoms with E-state index in [0.717, 1.165) is 11.4 Å². The molecule has 2 rings (SSSR count). The topological polar surface area (TPSA) is 53.8 Å². The smallest absolute Gasteiger partial charge is 0.250 e. The Bertz CT molecular complexity index is 552. The summed E-state index contributed by atoms with van der Waals surface area (Å²) in [5, 5.41) is 10.8. The monoisotopic (exact) mass is 253 g/mol.